The van der Waals surface area contributed by atoms with Gasteiger partial charge in [0.1, 0.15) is 17.8 Å². The molecule has 0 saturated carbocycles. The number of nitrogens with zero attached hydrogens (tertiary/aromatic N) is 3. The Labute approximate surface area is 161 Å². The van der Waals surface area contributed by atoms with Gasteiger partial charge in [0.15, 0.2) is 11.6 Å². The van der Waals surface area contributed by atoms with Crippen LogP contribution in [0.4, 0.5) is 21.7 Å². The van der Waals surface area contributed by atoms with Crippen LogP contribution in [-0.2, 0) is 0 Å². The topological polar surface area (TPSA) is 132 Å². The summed E-state index contributed by atoms with van der Waals surface area (Å²) in [4.78, 5) is 25.2. The molecule has 0 spiro atoms. The maximum absolute atomic E-state index is 14.2. The number of aromatic nitrogens is 3. The van der Waals surface area contributed by atoms with Crippen molar-refractivity contribution in [1.82, 2.24) is 20.3 Å². The summed E-state index contributed by atoms with van der Waals surface area (Å²) >= 11 is 0. The van der Waals surface area contributed by atoms with Crippen molar-refractivity contribution >= 4 is 34.1 Å². The van der Waals surface area contributed by atoms with Gasteiger partial charge < -0.3 is 22.1 Å². The first-order valence-electron chi connectivity index (χ1n) is 8.80. The molecule has 9 heteroatoms. The second-order valence-corrected chi connectivity index (χ2v) is 6.74. The number of anilines is 3. The van der Waals surface area contributed by atoms with E-state index in [1.807, 2.05) is 13.8 Å². The maximum atomic E-state index is 14.2. The fourth-order valence-corrected chi connectivity index (χ4v) is 2.82. The third-order valence-corrected chi connectivity index (χ3v) is 4.18. The Hall–Kier alpha value is -3.49. The van der Waals surface area contributed by atoms with E-state index < -0.39 is 11.9 Å². The minimum atomic E-state index is -0.461. The van der Waals surface area contributed by atoms with Gasteiger partial charge in [0.2, 0.25) is 0 Å². The molecule has 1 amide bonds. The molecule has 0 bridgehead atoms. The largest absolute Gasteiger partial charge is 0.393 e. The lowest BCUT2D eigenvalue weighted by Crippen LogP contribution is -2.32. The maximum Gasteiger partial charge on any atom is 0.253 e. The lowest BCUT2D eigenvalue weighted by molar-refractivity contribution is 0.0941. The molecular formula is C19H22FN7O. The summed E-state index contributed by atoms with van der Waals surface area (Å²) in [6, 6.07) is 5.56. The average molecular weight is 383 g/mol. The zero-order valence-electron chi connectivity index (χ0n) is 15.8. The Morgan fingerprint density at radius 2 is 1.93 bits per heavy atom. The van der Waals surface area contributed by atoms with E-state index in [-0.39, 0.29) is 34.4 Å². The van der Waals surface area contributed by atoms with Gasteiger partial charge in [-0.25, -0.2) is 19.3 Å². The van der Waals surface area contributed by atoms with Crippen LogP contribution in [0.2, 0.25) is 0 Å². The molecule has 0 saturated heterocycles. The monoisotopic (exact) mass is 383 g/mol. The molecule has 2 heterocycles. The van der Waals surface area contributed by atoms with E-state index in [2.05, 4.69) is 25.6 Å². The summed E-state index contributed by atoms with van der Waals surface area (Å²) in [6.07, 6.45) is 1.29. The van der Waals surface area contributed by atoms with E-state index in [9.17, 15) is 9.18 Å². The van der Waals surface area contributed by atoms with Crippen LogP contribution in [0.1, 0.15) is 42.9 Å². The second kappa shape index (κ2) is 7.63. The van der Waals surface area contributed by atoms with Crippen LogP contribution in [0, 0.1) is 5.82 Å². The van der Waals surface area contributed by atoms with Crippen LogP contribution >= 0.6 is 0 Å². The van der Waals surface area contributed by atoms with Crippen LogP contribution in [-0.4, -0.2) is 26.9 Å². The summed E-state index contributed by atoms with van der Waals surface area (Å²) in [5, 5.41) is 6.20. The van der Waals surface area contributed by atoms with Gasteiger partial charge in [-0.05, 0) is 39.0 Å². The van der Waals surface area contributed by atoms with Crippen LogP contribution in [0.3, 0.4) is 0 Å². The number of hydrogen-bond donors (Lipinski definition) is 4. The highest BCUT2D eigenvalue weighted by Crippen LogP contribution is 2.28. The van der Waals surface area contributed by atoms with Crippen molar-refractivity contribution in [2.45, 2.75) is 32.9 Å². The fourth-order valence-electron chi connectivity index (χ4n) is 2.82. The predicted molar refractivity (Wildman–Crippen MR) is 107 cm³/mol. The van der Waals surface area contributed by atoms with Gasteiger partial charge in [0.25, 0.3) is 5.91 Å². The summed E-state index contributed by atoms with van der Waals surface area (Å²) in [5.74, 6) is -0.303. The minimum absolute atomic E-state index is 0.0859. The summed E-state index contributed by atoms with van der Waals surface area (Å²) in [6.45, 7) is 5.49. The molecule has 0 fully saturated rings. The summed E-state index contributed by atoms with van der Waals surface area (Å²) in [7, 11) is 0. The summed E-state index contributed by atoms with van der Waals surface area (Å²) in [5.41, 5.74) is 13.0. The minimum Gasteiger partial charge on any atom is -0.393 e. The average Bonchev–Trinajstić information content (AvgIpc) is 2.64. The zero-order valence-corrected chi connectivity index (χ0v) is 15.8. The Kier molecular flexibility index (Phi) is 5.25. The number of fused-ring (bicyclic) bond motifs is 1. The molecule has 0 radical (unpaired) electrons. The van der Waals surface area contributed by atoms with E-state index in [1.54, 1.807) is 19.1 Å². The molecule has 146 valence electrons. The van der Waals surface area contributed by atoms with Crippen LogP contribution in [0.25, 0.3) is 10.9 Å². The predicted octanol–water partition coefficient (Wildman–Crippen LogP) is 2.64. The lowest BCUT2D eigenvalue weighted by Gasteiger charge is -2.20. The number of benzene rings is 1. The summed E-state index contributed by atoms with van der Waals surface area (Å²) < 4.78 is 14.2. The highest BCUT2D eigenvalue weighted by Gasteiger charge is 2.22. The molecule has 3 aromatic rings. The normalized spacial score (nSPS) is 12.2. The van der Waals surface area contributed by atoms with Crippen molar-refractivity contribution in [1.29, 1.82) is 0 Å². The van der Waals surface area contributed by atoms with Crippen molar-refractivity contribution < 1.29 is 9.18 Å². The van der Waals surface area contributed by atoms with Crippen molar-refractivity contribution in [2.24, 2.45) is 0 Å². The fraction of sp³-hybridized carbons (Fsp3) is 0.263. The van der Waals surface area contributed by atoms with E-state index in [0.29, 0.717) is 17.0 Å². The van der Waals surface area contributed by atoms with Crippen molar-refractivity contribution in [2.75, 3.05) is 16.8 Å². The van der Waals surface area contributed by atoms with E-state index >= 15 is 0 Å². The van der Waals surface area contributed by atoms with Gasteiger partial charge >= 0.3 is 0 Å². The first-order chi connectivity index (χ1) is 13.3. The molecule has 0 aliphatic rings. The molecule has 8 nitrogen and oxygen atoms in total. The lowest BCUT2D eigenvalue weighted by atomic mass is 10.0. The third-order valence-electron chi connectivity index (χ3n) is 4.18. The van der Waals surface area contributed by atoms with Crippen LogP contribution in [0.5, 0.6) is 0 Å². The number of nitrogen functional groups attached to an aromatic ring is 2. The molecule has 0 aliphatic carbocycles. The van der Waals surface area contributed by atoms with Crippen LogP contribution < -0.4 is 22.1 Å². The first kappa shape index (κ1) is 19.3. The molecule has 1 aromatic carbocycles. The Morgan fingerprint density at radius 3 is 2.64 bits per heavy atom. The number of hydrogen-bond acceptors (Lipinski definition) is 7. The van der Waals surface area contributed by atoms with Crippen molar-refractivity contribution in [3.05, 3.63) is 47.7 Å². The van der Waals surface area contributed by atoms with Gasteiger partial charge in [0, 0.05) is 11.4 Å². The molecule has 6 N–H and O–H groups in total. The number of halogens is 1. The molecule has 0 aliphatic heterocycles. The Bertz CT molecular complexity index is 1040. The smallest absolute Gasteiger partial charge is 0.253 e. The van der Waals surface area contributed by atoms with E-state index in [4.69, 9.17) is 11.5 Å². The number of rotatable bonds is 5. The van der Waals surface area contributed by atoms with Crippen LogP contribution in [0.15, 0.2) is 30.6 Å². The first-order valence-corrected chi connectivity index (χ1v) is 8.80. The van der Waals surface area contributed by atoms with Gasteiger partial charge in [0.05, 0.1) is 22.8 Å². The Balaban J connectivity index is 2.09. The SMILES string of the molecule is CC(C)NC(=O)c1cc2c(F)cccc2nc1[C@H](C)Nc1ncnc(N)c1N. The number of carbonyl (C=O) groups is 1. The highest BCUT2D eigenvalue weighted by atomic mass is 19.1. The number of nitrogens with two attached hydrogens (primary N) is 2. The number of pyridine rings is 1. The van der Waals surface area contributed by atoms with Crippen molar-refractivity contribution in [3.63, 3.8) is 0 Å². The third kappa shape index (κ3) is 3.78. The second-order valence-electron chi connectivity index (χ2n) is 6.74. The highest BCUT2D eigenvalue weighted by molar-refractivity contribution is 5.99. The molecule has 3 rings (SSSR count). The Morgan fingerprint density at radius 1 is 1.18 bits per heavy atom. The zero-order chi connectivity index (χ0) is 20.4. The number of nitrogens with one attached hydrogen (secondary N) is 2. The standard InChI is InChI=1S/C19H22FN7O/c1-9(2)25-19(28)12-7-11-13(20)5-4-6-14(11)27-16(12)10(3)26-18-15(21)17(22)23-8-24-18/h4-10H,21H2,1-3H3,(H,25,28)(H3,22,23,24,26)/t10-/m0/s1. The number of carbonyl (C=O) groups excluding carboxylic acids is 1. The molecule has 2 aromatic heterocycles. The van der Waals surface area contributed by atoms with Crippen molar-refractivity contribution in [3.8, 4) is 0 Å². The molecule has 0 unspecified atom stereocenters. The van der Waals surface area contributed by atoms with E-state index in [1.165, 1.54) is 18.5 Å². The van der Waals surface area contributed by atoms with Gasteiger partial charge in [-0.1, -0.05) is 6.07 Å². The van der Waals surface area contributed by atoms with Gasteiger partial charge in [-0.15, -0.1) is 0 Å². The number of amides is 1. The molecular weight excluding hydrogens is 361 g/mol. The quantitative estimate of drug-likeness (QED) is 0.532. The van der Waals surface area contributed by atoms with Gasteiger partial charge in [-0.3, -0.25) is 4.79 Å². The van der Waals surface area contributed by atoms with Gasteiger partial charge in [-0.2, -0.15) is 0 Å². The molecule has 1 atom stereocenters. The molecule has 28 heavy (non-hydrogen) atoms. The van der Waals surface area contributed by atoms with E-state index in [0.717, 1.165) is 0 Å².